The van der Waals surface area contributed by atoms with Crippen molar-refractivity contribution in [3.05, 3.63) is 59.7 Å². The standard InChI is InChI=1S/C16H17FN2O2/c1-18-8-2-3-14(18)16(20)19-9-10-21-15(11-19)12-4-6-13(17)7-5-12/h2-8,15H,9-11H2,1H3/t15-/m1/s1. The quantitative estimate of drug-likeness (QED) is 0.850. The van der Waals surface area contributed by atoms with Crippen molar-refractivity contribution in [2.45, 2.75) is 6.10 Å². The first-order chi connectivity index (χ1) is 10.1. The van der Waals surface area contributed by atoms with Crippen LogP contribution in [0.15, 0.2) is 42.6 Å². The molecule has 0 unspecified atom stereocenters. The van der Waals surface area contributed by atoms with E-state index in [2.05, 4.69) is 0 Å². The van der Waals surface area contributed by atoms with Crippen molar-refractivity contribution in [1.82, 2.24) is 9.47 Å². The number of aryl methyl sites for hydroxylation is 1. The summed E-state index contributed by atoms with van der Waals surface area (Å²) in [6.07, 6.45) is 1.65. The minimum absolute atomic E-state index is 0.00193. The van der Waals surface area contributed by atoms with Crippen LogP contribution in [0.4, 0.5) is 4.39 Å². The topological polar surface area (TPSA) is 34.5 Å². The Kier molecular flexibility index (Phi) is 3.75. The molecule has 5 heteroatoms. The zero-order valence-corrected chi connectivity index (χ0v) is 11.8. The molecule has 0 N–H and O–H groups in total. The molecule has 1 amide bonds. The SMILES string of the molecule is Cn1cccc1C(=O)N1CCO[C@@H](c2ccc(F)cc2)C1. The van der Waals surface area contributed by atoms with Gasteiger partial charge in [0.2, 0.25) is 0 Å². The fraction of sp³-hybridized carbons (Fsp3) is 0.312. The number of carbonyl (C=O) groups is 1. The van der Waals surface area contributed by atoms with Crippen molar-refractivity contribution in [3.8, 4) is 0 Å². The molecule has 2 heterocycles. The molecule has 1 saturated heterocycles. The van der Waals surface area contributed by atoms with Gasteiger partial charge in [-0.2, -0.15) is 0 Å². The highest BCUT2D eigenvalue weighted by molar-refractivity contribution is 5.92. The normalized spacial score (nSPS) is 18.8. The molecule has 1 aromatic heterocycles. The van der Waals surface area contributed by atoms with Crippen LogP contribution >= 0.6 is 0 Å². The molecular weight excluding hydrogens is 271 g/mol. The van der Waals surface area contributed by atoms with Gasteiger partial charge >= 0.3 is 0 Å². The lowest BCUT2D eigenvalue weighted by Crippen LogP contribution is -2.42. The average Bonchev–Trinajstić information content (AvgIpc) is 2.93. The van der Waals surface area contributed by atoms with Crippen molar-refractivity contribution in [3.63, 3.8) is 0 Å². The lowest BCUT2D eigenvalue weighted by Gasteiger charge is -2.33. The molecule has 1 aliphatic heterocycles. The van der Waals surface area contributed by atoms with Gasteiger partial charge in [-0.25, -0.2) is 4.39 Å². The number of benzene rings is 1. The number of hydrogen-bond donors (Lipinski definition) is 0. The highest BCUT2D eigenvalue weighted by Crippen LogP contribution is 2.23. The van der Waals surface area contributed by atoms with Crippen molar-refractivity contribution in [2.75, 3.05) is 19.7 Å². The predicted molar refractivity (Wildman–Crippen MR) is 76.4 cm³/mol. The van der Waals surface area contributed by atoms with Crippen LogP contribution < -0.4 is 0 Å². The third kappa shape index (κ3) is 2.83. The Hall–Kier alpha value is -2.14. The molecule has 1 aliphatic rings. The van der Waals surface area contributed by atoms with E-state index in [9.17, 15) is 9.18 Å². The maximum atomic E-state index is 13.0. The minimum Gasteiger partial charge on any atom is -0.370 e. The van der Waals surface area contributed by atoms with E-state index in [1.54, 1.807) is 17.0 Å². The second kappa shape index (κ2) is 5.69. The lowest BCUT2D eigenvalue weighted by molar-refractivity contribution is -0.0231. The van der Waals surface area contributed by atoms with E-state index in [1.807, 2.05) is 29.9 Å². The van der Waals surface area contributed by atoms with Crippen molar-refractivity contribution in [1.29, 1.82) is 0 Å². The van der Waals surface area contributed by atoms with E-state index in [0.717, 1.165) is 5.56 Å². The van der Waals surface area contributed by atoms with E-state index in [4.69, 9.17) is 4.74 Å². The Bertz CT molecular complexity index is 636. The number of morpholine rings is 1. The molecule has 1 fully saturated rings. The summed E-state index contributed by atoms with van der Waals surface area (Å²) in [6.45, 7) is 1.54. The van der Waals surface area contributed by atoms with E-state index < -0.39 is 0 Å². The second-order valence-corrected chi connectivity index (χ2v) is 5.17. The highest BCUT2D eigenvalue weighted by Gasteiger charge is 2.27. The summed E-state index contributed by atoms with van der Waals surface area (Å²) in [5, 5.41) is 0. The number of aromatic nitrogens is 1. The molecule has 21 heavy (non-hydrogen) atoms. The van der Waals surface area contributed by atoms with Gasteiger partial charge in [0, 0.05) is 19.8 Å². The van der Waals surface area contributed by atoms with E-state index in [0.29, 0.717) is 25.4 Å². The van der Waals surface area contributed by atoms with E-state index >= 15 is 0 Å². The summed E-state index contributed by atoms with van der Waals surface area (Å²) in [5.41, 5.74) is 1.55. The Morgan fingerprint density at radius 2 is 2.05 bits per heavy atom. The van der Waals surface area contributed by atoms with Gasteiger partial charge in [0.25, 0.3) is 5.91 Å². The number of nitrogens with zero attached hydrogens (tertiary/aromatic N) is 2. The molecule has 0 radical (unpaired) electrons. The van der Waals surface area contributed by atoms with Crippen LogP contribution in [0.5, 0.6) is 0 Å². The van der Waals surface area contributed by atoms with E-state index in [1.165, 1.54) is 12.1 Å². The van der Waals surface area contributed by atoms with Crippen LogP contribution in [0, 0.1) is 5.82 Å². The number of rotatable bonds is 2. The molecule has 1 aromatic carbocycles. The fourth-order valence-corrected chi connectivity index (χ4v) is 2.56. The van der Waals surface area contributed by atoms with Gasteiger partial charge in [-0.05, 0) is 29.8 Å². The third-order valence-corrected chi connectivity index (χ3v) is 3.76. The molecule has 1 atom stereocenters. The van der Waals surface area contributed by atoms with Crippen LogP contribution in [0.1, 0.15) is 22.2 Å². The maximum Gasteiger partial charge on any atom is 0.270 e. The van der Waals surface area contributed by atoms with Crippen LogP contribution in [0.3, 0.4) is 0 Å². The molecule has 0 saturated carbocycles. The zero-order chi connectivity index (χ0) is 14.8. The zero-order valence-electron chi connectivity index (χ0n) is 11.8. The molecule has 110 valence electrons. The summed E-state index contributed by atoms with van der Waals surface area (Å²) in [5.74, 6) is -0.274. The van der Waals surface area contributed by atoms with Crippen molar-refractivity contribution < 1.29 is 13.9 Å². The van der Waals surface area contributed by atoms with Gasteiger partial charge in [-0.15, -0.1) is 0 Å². The molecule has 4 nitrogen and oxygen atoms in total. The largest absolute Gasteiger partial charge is 0.370 e. The molecule has 0 spiro atoms. The van der Waals surface area contributed by atoms with Gasteiger partial charge < -0.3 is 14.2 Å². The minimum atomic E-state index is -0.272. The fourth-order valence-electron chi connectivity index (χ4n) is 2.56. The monoisotopic (exact) mass is 288 g/mol. The summed E-state index contributed by atoms with van der Waals surface area (Å²) in [7, 11) is 1.85. The molecular formula is C16H17FN2O2. The number of amides is 1. The maximum absolute atomic E-state index is 13.0. The summed E-state index contributed by atoms with van der Waals surface area (Å²) in [6, 6.07) is 9.90. The molecule has 2 aromatic rings. The molecule has 0 aliphatic carbocycles. The van der Waals surface area contributed by atoms with Crippen LogP contribution in [0.25, 0.3) is 0 Å². The predicted octanol–water partition coefficient (Wildman–Crippen LogP) is 2.38. The first kappa shape index (κ1) is 13.8. The van der Waals surface area contributed by atoms with Gasteiger partial charge in [0.1, 0.15) is 17.6 Å². The van der Waals surface area contributed by atoms with Crippen molar-refractivity contribution >= 4 is 5.91 Å². The average molecular weight is 288 g/mol. The van der Waals surface area contributed by atoms with Crippen LogP contribution in [-0.4, -0.2) is 35.1 Å². The van der Waals surface area contributed by atoms with Gasteiger partial charge in [0.05, 0.1) is 13.2 Å². The van der Waals surface area contributed by atoms with Crippen LogP contribution in [0.2, 0.25) is 0 Å². The summed E-state index contributed by atoms with van der Waals surface area (Å²) in [4.78, 5) is 14.3. The Morgan fingerprint density at radius 1 is 1.29 bits per heavy atom. The first-order valence-corrected chi connectivity index (χ1v) is 6.93. The first-order valence-electron chi connectivity index (χ1n) is 6.93. The number of halogens is 1. The smallest absolute Gasteiger partial charge is 0.270 e. The highest BCUT2D eigenvalue weighted by atomic mass is 19.1. The van der Waals surface area contributed by atoms with Gasteiger partial charge in [-0.3, -0.25) is 4.79 Å². The van der Waals surface area contributed by atoms with Gasteiger partial charge in [0.15, 0.2) is 0 Å². The Morgan fingerprint density at radius 3 is 2.71 bits per heavy atom. The molecule has 0 bridgehead atoms. The summed E-state index contributed by atoms with van der Waals surface area (Å²) < 4.78 is 20.5. The van der Waals surface area contributed by atoms with Crippen LogP contribution in [-0.2, 0) is 11.8 Å². The molecule has 3 rings (SSSR count). The number of hydrogen-bond acceptors (Lipinski definition) is 2. The lowest BCUT2D eigenvalue weighted by atomic mass is 10.1. The number of ether oxygens (including phenoxy) is 1. The number of carbonyl (C=O) groups excluding carboxylic acids is 1. The Labute approximate surface area is 122 Å². The Balaban J connectivity index is 1.75. The second-order valence-electron chi connectivity index (χ2n) is 5.17. The van der Waals surface area contributed by atoms with Crippen molar-refractivity contribution in [2.24, 2.45) is 7.05 Å². The van der Waals surface area contributed by atoms with E-state index in [-0.39, 0.29) is 17.8 Å². The third-order valence-electron chi connectivity index (χ3n) is 3.76. The summed E-state index contributed by atoms with van der Waals surface area (Å²) >= 11 is 0. The van der Waals surface area contributed by atoms with Gasteiger partial charge in [-0.1, -0.05) is 12.1 Å².